The van der Waals surface area contributed by atoms with Gasteiger partial charge in [0.15, 0.2) is 0 Å². The van der Waals surface area contributed by atoms with E-state index >= 15 is 0 Å². The van der Waals surface area contributed by atoms with Gasteiger partial charge in [-0.2, -0.15) is 0 Å². The molecule has 3 heteroatoms. The molecule has 92 valence electrons. The number of carbonyl (C=O) groups is 1. The van der Waals surface area contributed by atoms with E-state index in [2.05, 4.69) is 4.90 Å². The maximum absolute atomic E-state index is 11.2. The standard InChI is InChI=1S/C14H19NO2/c1-10-6-7-13(12(8-10)14(16)17)15(2)9-11-4-3-5-11/h6-8,11H,3-5,9H2,1-2H3,(H,16,17). The fourth-order valence-electron chi connectivity index (χ4n) is 2.32. The lowest BCUT2D eigenvalue weighted by Crippen LogP contribution is -2.30. The first kappa shape index (κ1) is 12.0. The van der Waals surface area contributed by atoms with Crippen LogP contribution >= 0.6 is 0 Å². The second-order valence-corrected chi connectivity index (χ2v) is 5.00. The van der Waals surface area contributed by atoms with Crippen LogP contribution in [0.2, 0.25) is 0 Å². The summed E-state index contributed by atoms with van der Waals surface area (Å²) in [6.07, 6.45) is 3.87. The highest BCUT2D eigenvalue weighted by Gasteiger charge is 2.21. The van der Waals surface area contributed by atoms with Gasteiger partial charge in [0.2, 0.25) is 0 Å². The molecule has 0 radical (unpaired) electrons. The molecule has 3 nitrogen and oxygen atoms in total. The van der Waals surface area contributed by atoms with E-state index in [9.17, 15) is 9.90 Å². The largest absolute Gasteiger partial charge is 0.478 e. The third-order valence-electron chi connectivity index (χ3n) is 3.55. The number of benzene rings is 1. The molecule has 1 fully saturated rings. The highest BCUT2D eigenvalue weighted by Crippen LogP contribution is 2.29. The molecule has 0 spiro atoms. The second kappa shape index (κ2) is 4.78. The molecule has 1 aliphatic rings. The summed E-state index contributed by atoms with van der Waals surface area (Å²) in [6, 6.07) is 5.63. The quantitative estimate of drug-likeness (QED) is 0.869. The Morgan fingerprint density at radius 1 is 1.47 bits per heavy atom. The maximum Gasteiger partial charge on any atom is 0.337 e. The Kier molecular flexibility index (Phi) is 3.36. The molecular weight excluding hydrogens is 214 g/mol. The van der Waals surface area contributed by atoms with Crippen molar-refractivity contribution in [2.75, 3.05) is 18.5 Å². The van der Waals surface area contributed by atoms with Crippen molar-refractivity contribution >= 4 is 11.7 Å². The molecule has 2 rings (SSSR count). The van der Waals surface area contributed by atoms with Crippen molar-refractivity contribution in [2.45, 2.75) is 26.2 Å². The molecule has 1 aromatic carbocycles. The molecule has 0 amide bonds. The van der Waals surface area contributed by atoms with Crippen LogP contribution in [0.4, 0.5) is 5.69 Å². The number of rotatable bonds is 4. The van der Waals surface area contributed by atoms with E-state index in [0.717, 1.165) is 23.7 Å². The molecule has 0 aromatic heterocycles. The summed E-state index contributed by atoms with van der Waals surface area (Å²) in [5.41, 5.74) is 2.23. The van der Waals surface area contributed by atoms with E-state index in [1.165, 1.54) is 19.3 Å². The van der Waals surface area contributed by atoms with E-state index in [-0.39, 0.29) is 0 Å². The molecule has 1 saturated carbocycles. The minimum atomic E-state index is -0.843. The van der Waals surface area contributed by atoms with Crippen LogP contribution in [-0.4, -0.2) is 24.7 Å². The molecule has 1 N–H and O–H groups in total. The third-order valence-corrected chi connectivity index (χ3v) is 3.55. The summed E-state index contributed by atoms with van der Waals surface area (Å²) >= 11 is 0. The fraction of sp³-hybridized carbons (Fsp3) is 0.500. The predicted octanol–water partition coefficient (Wildman–Crippen LogP) is 2.93. The highest BCUT2D eigenvalue weighted by atomic mass is 16.4. The lowest BCUT2D eigenvalue weighted by Gasteiger charge is -2.32. The van der Waals surface area contributed by atoms with Gasteiger partial charge in [0.05, 0.1) is 11.3 Å². The molecular formula is C14H19NO2. The predicted molar refractivity (Wildman–Crippen MR) is 68.7 cm³/mol. The summed E-state index contributed by atoms with van der Waals surface area (Å²) in [7, 11) is 1.98. The number of hydrogen-bond donors (Lipinski definition) is 1. The Morgan fingerprint density at radius 3 is 2.71 bits per heavy atom. The maximum atomic E-state index is 11.2. The van der Waals surface area contributed by atoms with Crippen LogP contribution in [0.25, 0.3) is 0 Å². The van der Waals surface area contributed by atoms with Gasteiger partial charge in [0, 0.05) is 13.6 Å². The average molecular weight is 233 g/mol. The van der Waals surface area contributed by atoms with E-state index < -0.39 is 5.97 Å². The zero-order valence-electron chi connectivity index (χ0n) is 10.4. The molecule has 0 heterocycles. The Hall–Kier alpha value is -1.51. The Bertz CT molecular complexity index is 424. The van der Waals surface area contributed by atoms with Gasteiger partial charge in [-0.1, -0.05) is 18.1 Å². The summed E-state index contributed by atoms with van der Waals surface area (Å²) in [6.45, 7) is 2.88. The Labute approximate surface area is 102 Å². The number of aromatic carboxylic acids is 1. The molecule has 0 atom stereocenters. The van der Waals surface area contributed by atoms with E-state index in [0.29, 0.717) is 5.56 Å². The van der Waals surface area contributed by atoms with Crippen LogP contribution in [0.3, 0.4) is 0 Å². The van der Waals surface area contributed by atoms with E-state index in [4.69, 9.17) is 0 Å². The van der Waals surface area contributed by atoms with Crippen LogP contribution in [0.15, 0.2) is 18.2 Å². The van der Waals surface area contributed by atoms with Gasteiger partial charge in [-0.25, -0.2) is 4.79 Å². The normalized spacial score (nSPS) is 15.4. The zero-order chi connectivity index (χ0) is 12.4. The number of carboxylic acid groups (broad SMARTS) is 1. The SMILES string of the molecule is Cc1ccc(N(C)CC2CCC2)c(C(=O)O)c1. The van der Waals surface area contributed by atoms with Crippen molar-refractivity contribution in [3.63, 3.8) is 0 Å². The lowest BCUT2D eigenvalue weighted by atomic mass is 9.85. The van der Waals surface area contributed by atoms with Crippen LogP contribution in [0.1, 0.15) is 35.2 Å². The second-order valence-electron chi connectivity index (χ2n) is 5.00. The number of hydrogen-bond acceptors (Lipinski definition) is 2. The van der Waals surface area contributed by atoms with Crippen LogP contribution < -0.4 is 4.90 Å². The minimum Gasteiger partial charge on any atom is -0.478 e. The Balaban J connectivity index is 2.20. The first-order valence-corrected chi connectivity index (χ1v) is 6.13. The Morgan fingerprint density at radius 2 is 2.18 bits per heavy atom. The van der Waals surface area contributed by atoms with Gasteiger partial charge in [0.1, 0.15) is 0 Å². The monoisotopic (exact) mass is 233 g/mol. The molecule has 1 aromatic rings. The van der Waals surface area contributed by atoms with Crippen molar-refractivity contribution in [2.24, 2.45) is 5.92 Å². The zero-order valence-corrected chi connectivity index (χ0v) is 10.4. The molecule has 17 heavy (non-hydrogen) atoms. The molecule has 0 bridgehead atoms. The molecule has 0 aliphatic heterocycles. The van der Waals surface area contributed by atoms with Gasteiger partial charge in [-0.3, -0.25) is 0 Å². The van der Waals surface area contributed by atoms with Crippen molar-refractivity contribution in [1.82, 2.24) is 0 Å². The number of nitrogens with zero attached hydrogens (tertiary/aromatic N) is 1. The molecule has 0 saturated heterocycles. The van der Waals surface area contributed by atoms with Gasteiger partial charge in [-0.05, 0) is 37.8 Å². The average Bonchev–Trinajstić information content (AvgIpc) is 2.23. The number of carboxylic acids is 1. The van der Waals surface area contributed by atoms with Crippen molar-refractivity contribution < 1.29 is 9.90 Å². The smallest absolute Gasteiger partial charge is 0.337 e. The summed E-state index contributed by atoms with van der Waals surface area (Å²) < 4.78 is 0. The molecule has 0 unspecified atom stereocenters. The van der Waals surface area contributed by atoms with Crippen LogP contribution in [-0.2, 0) is 0 Å². The fourth-order valence-corrected chi connectivity index (χ4v) is 2.32. The van der Waals surface area contributed by atoms with Gasteiger partial charge < -0.3 is 10.0 Å². The highest BCUT2D eigenvalue weighted by molar-refractivity contribution is 5.94. The van der Waals surface area contributed by atoms with Crippen LogP contribution in [0.5, 0.6) is 0 Å². The van der Waals surface area contributed by atoms with E-state index in [1.54, 1.807) is 6.07 Å². The third kappa shape index (κ3) is 2.60. The number of aryl methyl sites for hydroxylation is 1. The van der Waals surface area contributed by atoms with Crippen LogP contribution in [0, 0.1) is 12.8 Å². The topological polar surface area (TPSA) is 40.5 Å². The van der Waals surface area contributed by atoms with Crippen molar-refractivity contribution in [3.05, 3.63) is 29.3 Å². The van der Waals surface area contributed by atoms with Gasteiger partial charge in [0.25, 0.3) is 0 Å². The summed E-state index contributed by atoms with van der Waals surface area (Å²) in [5, 5.41) is 9.22. The molecule has 1 aliphatic carbocycles. The summed E-state index contributed by atoms with van der Waals surface area (Å²) in [5.74, 6) is -0.105. The van der Waals surface area contributed by atoms with Crippen molar-refractivity contribution in [3.8, 4) is 0 Å². The summed E-state index contributed by atoms with van der Waals surface area (Å²) in [4.78, 5) is 13.3. The van der Waals surface area contributed by atoms with E-state index in [1.807, 2.05) is 26.1 Å². The lowest BCUT2D eigenvalue weighted by molar-refractivity contribution is 0.0697. The number of anilines is 1. The van der Waals surface area contributed by atoms with Crippen molar-refractivity contribution in [1.29, 1.82) is 0 Å². The first-order valence-electron chi connectivity index (χ1n) is 6.13. The first-order chi connectivity index (χ1) is 8.08. The van der Waals surface area contributed by atoms with Gasteiger partial charge >= 0.3 is 5.97 Å². The van der Waals surface area contributed by atoms with Gasteiger partial charge in [-0.15, -0.1) is 0 Å². The minimum absolute atomic E-state index is 0.409.